The molecule has 2 fully saturated rings. The van der Waals surface area contributed by atoms with Gasteiger partial charge in [-0.15, -0.1) is 24.0 Å². The highest BCUT2D eigenvalue weighted by atomic mass is 127. The third-order valence-corrected chi connectivity index (χ3v) is 6.21. The van der Waals surface area contributed by atoms with Crippen molar-refractivity contribution in [3.8, 4) is 0 Å². The van der Waals surface area contributed by atoms with Crippen molar-refractivity contribution >= 4 is 35.6 Å². The molecule has 2 aliphatic rings. The van der Waals surface area contributed by atoms with Gasteiger partial charge in [0.2, 0.25) is 0 Å². The first-order chi connectivity index (χ1) is 15.2. The van der Waals surface area contributed by atoms with E-state index in [1.807, 2.05) is 0 Å². The Kier molecular flexibility index (Phi) is 12.7. The standard InChI is InChI=1S/C24H42N6O.HI/c1-4-25-24(27-20-22(3)29-15-17-31-18-16-29)26-9-6-10-28-11-13-30(14-12-28)23-8-5-7-21(2)19-23;/h5,7-8,19,22H,4,6,9-18,20H2,1-3H3,(H2,25,26,27);1H. The Morgan fingerprint density at radius 2 is 1.84 bits per heavy atom. The SMILES string of the molecule is CCNC(=NCC(C)N1CCOCC1)NCCCN1CCN(c2cccc(C)c2)CC1.I. The van der Waals surface area contributed by atoms with Gasteiger partial charge in [-0.1, -0.05) is 12.1 Å². The van der Waals surface area contributed by atoms with Crippen LogP contribution in [0, 0.1) is 6.92 Å². The average molecular weight is 559 g/mol. The molecule has 0 radical (unpaired) electrons. The van der Waals surface area contributed by atoms with Crippen LogP contribution in [0.2, 0.25) is 0 Å². The molecule has 2 heterocycles. The number of anilines is 1. The van der Waals surface area contributed by atoms with Crippen LogP contribution in [0.15, 0.2) is 29.3 Å². The fraction of sp³-hybridized carbons (Fsp3) is 0.708. The molecule has 1 aromatic rings. The summed E-state index contributed by atoms with van der Waals surface area (Å²) in [4.78, 5) is 12.4. The average Bonchev–Trinajstić information content (AvgIpc) is 2.81. The number of nitrogens with zero attached hydrogens (tertiary/aromatic N) is 4. The maximum atomic E-state index is 5.45. The van der Waals surface area contributed by atoms with E-state index in [1.54, 1.807) is 0 Å². The summed E-state index contributed by atoms with van der Waals surface area (Å²) >= 11 is 0. The van der Waals surface area contributed by atoms with E-state index in [9.17, 15) is 0 Å². The van der Waals surface area contributed by atoms with Gasteiger partial charge in [-0.3, -0.25) is 14.8 Å². The molecule has 8 heteroatoms. The van der Waals surface area contributed by atoms with E-state index >= 15 is 0 Å². The number of aliphatic imine (C=N–C) groups is 1. The van der Waals surface area contributed by atoms with Crippen molar-refractivity contribution in [1.29, 1.82) is 0 Å². The summed E-state index contributed by atoms with van der Waals surface area (Å²) in [6.07, 6.45) is 1.13. The summed E-state index contributed by atoms with van der Waals surface area (Å²) in [6, 6.07) is 9.30. The number of ether oxygens (including phenoxy) is 1. The van der Waals surface area contributed by atoms with Crippen molar-refractivity contribution in [2.45, 2.75) is 33.2 Å². The number of guanidine groups is 1. The minimum Gasteiger partial charge on any atom is -0.379 e. The van der Waals surface area contributed by atoms with E-state index in [1.165, 1.54) is 11.3 Å². The number of hydrogen-bond acceptors (Lipinski definition) is 5. The van der Waals surface area contributed by atoms with Gasteiger partial charge in [0, 0.05) is 64.1 Å². The number of rotatable bonds is 9. The molecule has 0 amide bonds. The van der Waals surface area contributed by atoms with Crippen molar-refractivity contribution in [2.24, 2.45) is 4.99 Å². The van der Waals surface area contributed by atoms with Crippen molar-refractivity contribution in [1.82, 2.24) is 20.4 Å². The highest BCUT2D eigenvalue weighted by molar-refractivity contribution is 14.0. The maximum Gasteiger partial charge on any atom is 0.191 e. The molecule has 0 aliphatic carbocycles. The van der Waals surface area contributed by atoms with E-state index in [4.69, 9.17) is 9.73 Å². The van der Waals surface area contributed by atoms with Crippen LogP contribution in [0.25, 0.3) is 0 Å². The molecule has 2 N–H and O–H groups in total. The summed E-state index contributed by atoms with van der Waals surface area (Å²) in [5.74, 6) is 0.937. The minimum absolute atomic E-state index is 0. The number of nitrogens with one attached hydrogen (secondary N) is 2. The lowest BCUT2D eigenvalue weighted by atomic mass is 10.2. The number of hydrogen-bond donors (Lipinski definition) is 2. The van der Waals surface area contributed by atoms with Crippen molar-refractivity contribution in [3.63, 3.8) is 0 Å². The Hall–Kier alpha value is -1.10. The van der Waals surface area contributed by atoms with Gasteiger partial charge < -0.3 is 20.3 Å². The van der Waals surface area contributed by atoms with Crippen LogP contribution in [0.5, 0.6) is 0 Å². The first-order valence-electron chi connectivity index (χ1n) is 12.0. The van der Waals surface area contributed by atoms with Crippen LogP contribution in [0.4, 0.5) is 5.69 Å². The second-order valence-corrected chi connectivity index (χ2v) is 8.67. The quantitative estimate of drug-likeness (QED) is 0.210. The fourth-order valence-electron chi connectivity index (χ4n) is 4.26. The van der Waals surface area contributed by atoms with Crippen molar-refractivity contribution < 1.29 is 4.74 Å². The topological polar surface area (TPSA) is 55.4 Å². The van der Waals surface area contributed by atoms with Gasteiger partial charge in [-0.25, -0.2) is 0 Å². The Bertz CT molecular complexity index is 674. The van der Waals surface area contributed by atoms with Crippen molar-refractivity contribution in [2.75, 3.05) is 83.6 Å². The molecule has 0 saturated carbocycles. The first-order valence-corrected chi connectivity index (χ1v) is 12.0. The number of morpholine rings is 1. The Labute approximate surface area is 212 Å². The molecule has 1 aromatic carbocycles. The predicted octanol–water partition coefficient (Wildman–Crippen LogP) is 2.40. The first kappa shape index (κ1) is 27.1. The van der Waals surface area contributed by atoms with Crippen LogP contribution < -0.4 is 15.5 Å². The second-order valence-electron chi connectivity index (χ2n) is 8.67. The van der Waals surface area contributed by atoms with E-state index in [0.29, 0.717) is 6.04 Å². The van der Waals surface area contributed by atoms with Crippen LogP contribution in [0.3, 0.4) is 0 Å². The molecule has 0 bridgehead atoms. The number of piperazine rings is 1. The zero-order valence-corrected chi connectivity index (χ0v) is 22.5. The molecule has 0 aromatic heterocycles. The molecule has 2 aliphatic heterocycles. The maximum absolute atomic E-state index is 5.45. The van der Waals surface area contributed by atoms with Gasteiger partial charge in [-0.2, -0.15) is 0 Å². The lowest BCUT2D eigenvalue weighted by Gasteiger charge is -2.36. The minimum atomic E-state index is 0. The normalized spacial score (nSPS) is 19.3. The summed E-state index contributed by atoms with van der Waals surface area (Å²) in [6.45, 7) is 18.5. The third-order valence-electron chi connectivity index (χ3n) is 6.21. The van der Waals surface area contributed by atoms with E-state index < -0.39 is 0 Å². The molecule has 7 nitrogen and oxygen atoms in total. The zero-order valence-electron chi connectivity index (χ0n) is 20.2. The highest BCUT2D eigenvalue weighted by Crippen LogP contribution is 2.17. The monoisotopic (exact) mass is 558 g/mol. The molecule has 1 atom stereocenters. The Morgan fingerprint density at radius 3 is 2.53 bits per heavy atom. The fourth-order valence-corrected chi connectivity index (χ4v) is 4.26. The lowest BCUT2D eigenvalue weighted by molar-refractivity contribution is 0.0220. The summed E-state index contributed by atoms with van der Waals surface area (Å²) < 4.78 is 5.45. The molecule has 182 valence electrons. The van der Waals surface area contributed by atoms with Gasteiger partial charge in [0.25, 0.3) is 0 Å². The van der Waals surface area contributed by atoms with Gasteiger partial charge in [0.05, 0.1) is 19.8 Å². The van der Waals surface area contributed by atoms with E-state index in [2.05, 4.69) is 70.4 Å². The molecule has 1 unspecified atom stereocenters. The molecule has 32 heavy (non-hydrogen) atoms. The molecular weight excluding hydrogens is 515 g/mol. The van der Waals surface area contributed by atoms with Gasteiger partial charge >= 0.3 is 0 Å². The summed E-state index contributed by atoms with van der Waals surface area (Å²) in [5, 5.41) is 6.90. The smallest absolute Gasteiger partial charge is 0.191 e. The van der Waals surface area contributed by atoms with E-state index in [-0.39, 0.29) is 24.0 Å². The second kappa shape index (κ2) is 14.9. The number of halogens is 1. The lowest BCUT2D eigenvalue weighted by Crippen LogP contribution is -2.47. The van der Waals surface area contributed by atoms with Gasteiger partial charge in [-0.05, 0) is 51.4 Å². The third kappa shape index (κ3) is 9.03. The van der Waals surface area contributed by atoms with Gasteiger partial charge in [0.15, 0.2) is 5.96 Å². The van der Waals surface area contributed by atoms with Gasteiger partial charge in [0.1, 0.15) is 0 Å². The molecule has 0 spiro atoms. The van der Waals surface area contributed by atoms with Crippen LogP contribution >= 0.6 is 24.0 Å². The highest BCUT2D eigenvalue weighted by Gasteiger charge is 2.18. The van der Waals surface area contributed by atoms with Crippen molar-refractivity contribution in [3.05, 3.63) is 29.8 Å². The molecule has 3 rings (SSSR count). The zero-order chi connectivity index (χ0) is 21.9. The van der Waals surface area contributed by atoms with Crippen LogP contribution in [-0.4, -0.2) is 100 Å². The summed E-state index contributed by atoms with van der Waals surface area (Å²) in [5.41, 5.74) is 2.70. The number of aryl methyl sites for hydroxylation is 1. The van der Waals surface area contributed by atoms with Crippen LogP contribution in [0.1, 0.15) is 25.8 Å². The predicted molar refractivity (Wildman–Crippen MR) is 146 cm³/mol. The largest absolute Gasteiger partial charge is 0.379 e. The van der Waals surface area contributed by atoms with Crippen LogP contribution in [-0.2, 0) is 4.74 Å². The Balaban J connectivity index is 0.00000363. The number of benzene rings is 1. The molecular formula is C24H43IN6O. The van der Waals surface area contributed by atoms with E-state index in [0.717, 1.165) is 91.0 Å². The molecule has 2 saturated heterocycles. The Morgan fingerprint density at radius 1 is 1.09 bits per heavy atom. The summed E-state index contributed by atoms with van der Waals surface area (Å²) in [7, 11) is 0.